The summed E-state index contributed by atoms with van der Waals surface area (Å²) in [5, 5.41) is 0. The number of hydrogen-bond donors (Lipinski definition) is 0. The van der Waals surface area contributed by atoms with Gasteiger partial charge >= 0.3 is 0 Å². The van der Waals surface area contributed by atoms with E-state index in [-0.39, 0.29) is 5.92 Å². The molecule has 0 aliphatic heterocycles. The van der Waals surface area contributed by atoms with Crippen LogP contribution in [0.2, 0.25) is 0 Å². The lowest BCUT2D eigenvalue weighted by Crippen LogP contribution is -2.26. The predicted octanol–water partition coefficient (Wildman–Crippen LogP) is 4.70. The molecule has 0 heterocycles. The smallest absolute Gasteiger partial charge is 0.165 e. The predicted molar refractivity (Wildman–Crippen MR) is 74.1 cm³/mol. The van der Waals surface area contributed by atoms with E-state index >= 15 is 0 Å². The van der Waals surface area contributed by atoms with Crippen molar-refractivity contribution in [2.45, 2.75) is 33.1 Å². The van der Waals surface area contributed by atoms with Crippen molar-refractivity contribution in [1.82, 2.24) is 0 Å². The number of rotatable bonds is 2. The van der Waals surface area contributed by atoms with E-state index < -0.39 is 0 Å². The zero-order valence-electron chi connectivity index (χ0n) is 10.4. The van der Waals surface area contributed by atoms with Crippen LogP contribution in [0.15, 0.2) is 28.7 Å². The van der Waals surface area contributed by atoms with Gasteiger partial charge in [-0.05, 0) is 43.2 Å². The molecule has 0 saturated heterocycles. The van der Waals surface area contributed by atoms with Crippen molar-refractivity contribution in [3.8, 4) is 0 Å². The van der Waals surface area contributed by atoms with Crippen LogP contribution in [0.25, 0.3) is 0 Å². The molecule has 0 bridgehead atoms. The maximum atomic E-state index is 12.4. The first-order valence-electron chi connectivity index (χ1n) is 6.36. The Labute approximate surface area is 112 Å². The number of halogens is 1. The molecule has 17 heavy (non-hydrogen) atoms. The molecule has 1 aromatic rings. The van der Waals surface area contributed by atoms with Crippen LogP contribution in [0.5, 0.6) is 0 Å². The van der Waals surface area contributed by atoms with Gasteiger partial charge in [-0.15, -0.1) is 0 Å². The number of Topliss-reactive ketones (excluding diaryl/α,β-unsaturated/α-hetero) is 1. The fourth-order valence-corrected chi connectivity index (χ4v) is 3.28. The number of hydrogen-bond acceptors (Lipinski definition) is 1. The van der Waals surface area contributed by atoms with Crippen LogP contribution in [-0.4, -0.2) is 5.78 Å². The SMILES string of the molecule is CC1CC(C)CC(C(=O)c2ccc(Br)cc2)C1. The molecular formula is C15H19BrO. The lowest BCUT2D eigenvalue weighted by Gasteiger charge is -2.30. The van der Waals surface area contributed by atoms with Gasteiger partial charge in [0.15, 0.2) is 5.78 Å². The monoisotopic (exact) mass is 294 g/mol. The molecule has 1 saturated carbocycles. The van der Waals surface area contributed by atoms with E-state index in [1.165, 1.54) is 6.42 Å². The highest BCUT2D eigenvalue weighted by atomic mass is 79.9. The summed E-state index contributed by atoms with van der Waals surface area (Å²) in [6.45, 7) is 4.52. The van der Waals surface area contributed by atoms with Crippen molar-refractivity contribution in [1.29, 1.82) is 0 Å². The van der Waals surface area contributed by atoms with E-state index in [4.69, 9.17) is 0 Å². The van der Waals surface area contributed by atoms with Crippen molar-refractivity contribution in [3.63, 3.8) is 0 Å². The van der Waals surface area contributed by atoms with Gasteiger partial charge in [-0.25, -0.2) is 0 Å². The number of carbonyl (C=O) groups is 1. The summed E-state index contributed by atoms with van der Waals surface area (Å²) >= 11 is 3.40. The summed E-state index contributed by atoms with van der Waals surface area (Å²) in [6, 6.07) is 7.75. The van der Waals surface area contributed by atoms with Crippen LogP contribution in [0.3, 0.4) is 0 Å². The fraction of sp³-hybridized carbons (Fsp3) is 0.533. The topological polar surface area (TPSA) is 17.1 Å². The second kappa shape index (κ2) is 5.34. The summed E-state index contributed by atoms with van der Waals surface area (Å²) in [5.74, 6) is 1.93. The van der Waals surface area contributed by atoms with Gasteiger partial charge in [0.1, 0.15) is 0 Å². The van der Waals surface area contributed by atoms with Crippen molar-refractivity contribution in [2.75, 3.05) is 0 Å². The van der Waals surface area contributed by atoms with E-state index in [0.717, 1.165) is 22.9 Å². The Morgan fingerprint density at radius 3 is 2.12 bits per heavy atom. The first-order valence-corrected chi connectivity index (χ1v) is 7.15. The Kier molecular flexibility index (Phi) is 4.03. The van der Waals surface area contributed by atoms with Crippen molar-refractivity contribution in [3.05, 3.63) is 34.3 Å². The minimum Gasteiger partial charge on any atom is -0.294 e. The maximum absolute atomic E-state index is 12.4. The van der Waals surface area contributed by atoms with Crippen LogP contribution in [0, 0.1) is 17.8 Å². The molecule has 1 aromatic carbocycles. The maximum Gasteiger partial charge on any atom is 0.165 e. The Balaban J connectivity index is 2.11. The van der Waals surface area contributed by atoms with E-state index in [2.05, 4.69) is 29.8 Å². The molecule has 1 fully saturated rings. The van der Waals surface area contributed by atoms with Crippen LogP contribution in [-0.2, 0) is 0 Å². The number of ketones is 1. The van der Waals surface area contributed by atoms with Gasteiger partial charge in [0, 0.05) is 16.0 Å². The first-order chi connectivity index (χ1) is 8.06. The zero-order valence-corrected chi connectivity index (χ0v) is 12.0. The molecule has 0 radical (unpaired) electrons. The van der Waals surface area contributed by atoms with E-state index in [0.29, 0.717) is 17.6 Å². The second-order valence-electron chi connectivity index (χ2n) is 5.49. The normalized spacial score (nSPS) is 29.0. The molecule has 1 aliphatic carbocycles. The second-order valence-corrected chi connectivity index (χ2v) is 6.40. The number of benzene rings is 1. The molecule has 0 aromatic heterocycles. The highest BCUT2D eigenvalue weighted by molar-refractivity contribution is 9.10. The molecule has 92 valence electrons. The third-order valence-corrected chi connectivity index (χ3v) is 4.21. The molecule has 0 amide bonds. The molecule has 2 rings (SSSR count). The fourth-order valence-electron chi connectivity index (χ4n) is 3.01. The van der Waals surface area contributed by atoms with Crippen LogP contribution < -0.4 is 0 Å². The largest absolute Gasteiger partial charge is 0.294 e. The summed E-state index contributed by atoms with van der Waals surface area (Å²) in [4.78, 5) is 12.4. The summed E-state index contributed by atoms with van der Waals surface area (Å²) < 4.78 is 1.03. The van der Waals surface area contributed by atoms with E-state index in [9.17, 15) is 4.79 Å². The van der Waals surface area contributed by atoms with Gasteiger partial charge in [0.25, 0.3) is 0 Å². The van der Waals surface area contributed by atoms with Gasteiger partial charge in [0.2, 0.25) is 0 Å². The highest BCUT2D eigenvalue weighted by Crippen LogP contribution is 2.34. The lowest BCUT2D eigenvalue weighted by atomic mass is 9.74. The molecule has 2 unspecified atom stereocenters. The van der Waals surface area contributed by atoms with Crippen LogP contribution in [0.4, 0.5) is 0 Å². The molecule has 2 heteroatoms. The number of carbonyl (C=O) groups excluding carboxylic acids is 1. The lowest BCUT2D eigenvalue weighted by molar-refractivity contribution is 0.0836. The average Bonchev–Trinajstić information content (AvgIpc) is 2.28. The standard InChI is InChI=1S/C15H19BrO/c1-10-7-11(2)9-13(8-10)15(17)12-3-5-14(16)6-4-12/h3-6,10-11,13H,7-9H2,1-2H3. The zero-order chi connectivity index (χ0) is 12.4. The average molecular weight is 295 g/mol. The van der Waals surface area contributed by atoms with Crippen LogP contribution >= 0.6 is 15.9 Å². The minimum atomic E-state index is 0.231. The Morgan fingerprint density at radius 1 is 1.06 bits per heavy atom. The van der Waals surface area contributed by atoms with Gasteiger partial charge in [0.05, 0.1) is 0 Å². The third-order valence-electron chi connectivity index (χ3n) is 3.68. The van der Waals surface area contributed by atoms with Gasteiger partial charge in [-0.2, -0.15) is 0 Å². The molecule has 1 aliphatic rings. The molecule has 1 nitrogen and oxygen atoms in total. The van der Waals surface area contributed by atoms with Gasteiger partial charge < -0.3 is 0 Å². The highest BCUT2D eigenvalue weighted by Gasteiger charge is 2.29. The molecular weight excluding hydrogens is 276 g/mol. The van der Waals surface area contributed by atoms with E-state index in [1.54, 1.807) is 0 Å². The Hall–Kier alpha value is -0.630. The summed E-state index contributed by atoms with van der Waals surface area (Å²) in [7, 11) is 0. The summed E-state index contributed by atoms with van der Waals surface area (Å²) in [5.41, 5.74) is 0.861. The minimum absolute atomic E-state index is 0.231. The molecule has 2 atom stereocenters. The third kappa shape index (κ3) is 3.19. The molecule has 0 N–H and O–H groups in total. The van der Waals surface area contributed by atoms with Crippen molar-refractivity contribution in [2.24, 2.45) is 17.8 Å². The van der Waals surface area contributed by atoms with Gasteiger partial charge in [-0.3, -0.25) is 4.79 Å². The van der Waals surface area contributed by atoms with Crippen molar-refractivity contribution >= 4 is 21.7 Å². The quantitative estimate of drug-likeness (QED) is 0.722. The Morgan fingerprint density at radius 2 is 1.59 bits per heavy atom. The first kappa shape index (κ1) is 12.8. The van der Waals surface area contributed by atoms with E-state index in [1.807, 2.05) is 24.3 Å². The molecule has 0 spiro atoms. The Bertz CT molecular complexity index is 386. The van der Waals surface area contributed by atoms with Crippen molar-refractivity contribution < 1.29 is 4.79 Å². The van der Waals surface area contributed by atoms with Gasteiger partial charge in [-0.1, -0.05) is 41.9 Å². The van der Waals surface area contributed by atoms with Crippen LogP contribution in [0.1, 0.15) is 43.5 Å². The summed E-state index contributed by atoms with van der Waals surface area (Å²) in [6.07, 6.45) is 3.38.